The SMILES string of the molecule is CC(C)C1=C2[C@H]3CC[C@@H]4[C@@]5(C)CC[C@H](OC(=O)[C@H]6C[C@@H](C(=O)O)C6(C)C)C(C)(C)[C@@H]5CC[C@@]4(C)[C@]3(C)CC[C@@]2(CC(=O)NCC(C)(C)NC(=O)c2ccc(CN3CCOCC3)cn2)CC1=O. The maximum absolute atomic E-state index is 14.3. The summed E-state index contributed by atoms with van der Waals surface area (Å²) in [5, 5.41) is 16.0. The Hall–Kier alpha value is -3.64. The fourth-order valence-corrected chi connectivity index (χ4v) is 15.9. The molecule has 12 heteroatoms. The number of hydrogen-bond donors (Lipinski definition) is 3. The first-order valence-electron chi connectivity index (χ1n) is 25.3. The van der Waals surface area contributed by atoms with Gasteiger partial charge in [0, 0.05) is 56.0 Å². The van der Waals surface area contributed by atoms with Crippen LogP contribution in [-0.4, -0.2) is 89.0 Å². The molecule has 7 aliphatic rings. The number of carbonyl (C=O) groups is 5. The number of carboxylic acids is 1. The molecule has 6 fully saturated rings. The van der Waals surface area contributed by atoms with Gasteiger partial charge in [-0.15, -0.1) is 0 Å². The number of fused-ring (bicyclic) bond motifs is 7. The predicted molar refractivity (Wildman–Crippen MR) is 252 cm³/mol. The largest absolute Gasteiger partial charge is 0.481 e. The van der Waals surface area contributed by atoms with Gasteiger partial charge in [0.05, 0.1) is 30.6 Å². The third-order valence-corrected chi connectivity index (χ3v) is 19.9. The van der Waals surface area contributed by atoms with Crippen LogP contribution < -0.4 is 10.6 Å². The van der Waals surface area contributed by atoms with Gasteiger partial charge in [-0.1, -0.05) is 74.0 Å². The van der Waals surface area contributed by atoms with Crippen LogP contribution in [-0.2, 0) is 35.2 Å². The number of nitrogens with zero attached hydrogens (tertiary/aromatic N) is 2. The molecule has 8 rings (SSSR count). The number of esters is 1. The average molecular weight is 913 g/mol. The average Bonchev–Trinajstić information content (AvgIpc) is 3.53. The monoisotopic (exact) mass is 913 g/mol. The number of carbonyl (C=O) groups excluding carboxylic acids is 4. The smallest absolute Gasteiger partial charge is 0.309 e. The lowest BCUT2D eigenvalue weighted by Gasteiger charge is -2.72. The molecule has 1 aromatic heterocycles. The van der Waals surface area contributed by atoms with Crippen molar-refractivity contribution in [3.8, 4) is 0 Å². The Morgan fingerprint density at radius 3 is 2.24 bits per heavy atom. The number of aliphatic carboxylic acids is 1. The summed E-state index contributed by atoms with van der Waals surface area (Å²) in [6.07, 6.45) is 10.2. The minimum atomic E-state index is -0.841. The van der Waals surface area contributed by atoms with Gasteiger partial charge in [0.2, 0.25) is 5.91 Å². The van der Waals surface area contributed by atoms with E-state index in [1.165, 1.54) is 5.57 Å². The molecule has 10 atom stereocenters. The molecule has 1 aliphatic heterocycles. The number of hydrogen-bond acceptors (Lipinski definition) is 9. The second kappa shape index (κ2) is 17.1. The van der Waals surface area contributed by atoms with Gasteiger partial charge in [-0.2, -0.15) is 0 Å². The van der Waals surface area contributed by atoms with E-state index in [9.17, 15) is 29.1 Å². The summed E-state index contributed by atoms with van der Waals surface area (Å²) in [7, 11) is 0. The molecule has 3 N–H and O–H groups in total. The van der Waals surface area contributed by atoms with Crippen LogP contribution in [0.1, 0.15) is 163 Å². The molecular weight excluding hydrogens is 833 g/mol. The van der Waals surface area contributed by atoms with E-state index >= 15 is 0 Å². The van der Waals surface area contributed by atoms with E-state index in [0.29, 0.717) is 30.4 Å². The van der Waals surface area contributed by atoms with Crippen molar-refractivity contribution in [2.45, 2.75) is 165 Å². The van der Waals surface area contributed by atoms with Gasteiger partial charge < -0.3 is 25.2 Å². The van der Waals surface area contributed by atoms with Crippen molar-refractivity contribution in [1.29, 1.82) is 0 Å². The molecule has 12 nitrogen and oxygen atoms in total. The number of Topliss-reactive ketones (excluding diaryl/α,β-unsaturated/α-hetero) is 1. The molecule has 0 radical (unpaired) electrons. The van der Waals surface area contributed by atoms with E-state index in [4.69, 9.17) is 9.47 Å². The lowest BCUT2D eigenvalue weighted by Crippen LogP contribution is -2.66. The number of morpholine rings is 1. The molecule has 0 unspecified atom stereocenters. The number of rotatable bonds is 12. The summed E-state index contributed by atoms with van der Waals surface area (Å²) in [6, 6.07) is 3.71. The van der Waals surface area contributed by atoms with Crippen LogP contribution >= 0.6 is 0 Å². The number of amides is 2. The summed E-state index contributed by atoms with van der Waals surface area (Å²) in [5.41, 5.74) is 1.47. The van der Waals surface area contributed by atoms with Gasteiger partial charge >= 0.3 is 11.9 Å². The van der Waals surface area contributed by atoms with E-state index in [2.05, 4.69) is 69.0 Å². The summed E-state index contributed by atoms with van der Waals surface area (Å²) in [4.78, 5) is 74.2. The topological polar surface area (TPSA) is 164 Å². The molecule has 5 saturated carbocycles. The number of carboxylic acid groups (broad SMARTS) is 1. The second-order valence-corrected chi connectivity index (χ2v) is 25.0. The predicted octanol–water partition coefficient (Wildman–Crippen LogP) is 8.57. The summed E-state index contributed by atoms with van der Waals surface area (Å²) >= 11 is 0. The maximum atomic E-state index is 14.3. The van der Waals surface area contributed by atoms with Crippen molar-refractivity contribution >= 4 is 29.5 Å². The van der Waals surface area contributed by atoms with Gasteiger partial charge in [-0.05, 0) is 134 Å². The Bertz CT molecular complexity index is 2140. The van der Waals surface area contributed by atoms with Gasteiger partial charge in [-0.25, -0.2) is 0 Å². The molecule has 2 amide bonds. The number of ketones is 1. The quantitative estimate of drug-likeness (QED) is 0.173. The zero-order valence-electron chi connectivity index (χ0n) is 42.0. The van der Waals surface area contributed by atoms with Crippen molar-refractivity contribution in [1.82, 2.24) is 20.5 Å². The van der Waals surface area contributed by atoms with Crippen LogP contribution in [0.4, 0.5) is 0 Å². The van der Waals surface area contributed by atoms with Crippen molar-refractivity contribution in [2.24, 2.45) is 68.0 Å². The first-order chi connectivity index (χ1) is 30.8. The van der Waals surface area contributed by atoms with Crippen LogP contribution in [0.25, 0.3) is 0 Å². The van der Waals surface area contributed by atoms with Crippen molar-refractivity contribution in [2.75, 3.05) is 32.8 Å². The van der Waals surface area contributed by atoms with E-state index < -0.39 is 34.2 Å². The van der Waals surface area contributed by atoms with E-state index in [-0.39, 0.29) is 76.1 Å². The lowest BCUT2D eigenvalue weighted by molar-refractivity contribution is -0.236. The molecule has 6 aliphatic carbocycles. The van der Waals surface area contributed by atoms with E-state index in [1.54, 1.807) is 12.3 Å². The fraction of sp³-hybridized carbons (Fsp3) is 0.778. The molecule has 364 valence electrons. The zero-order valence-corrected chi connectivity index (χ0v) is 42.0. The molecule has 1 saturated heterocycles. The highest BCUT2D eigenvalue weighted by Crippen LogP contribution is 2.77. The molecule has 0 bridgehead atoms. The number of allylic oxidation sites excluding steroid dienone is 2. The van der Waals surface area contributed by atoms with Gasteiger partial charge in [0.15, 0.2) is 5.78 Å². The van der Waals surface area contributed by atoms with Crippen LogP contribution in [0.15, 0.2) is 29.5 Å². The highest BCUT2D eigenvalue weighted by molar-refractivity contribution is 6.01. The van der Waals surface area contributed by atoms with Crippen molar-refractivity contribution in [3.63, 3.8) is 0 Å². The second-order valence-electron chi connectivity index (χ2n) is 25.0. The number of aromatic nitrogens is 1. The summed E-state index contributed by atoms with van der Waals surface area (Å²) in [5.74, 6) is -1.09. The fourth-order valence-electron chi connectivity index (χ4n) is 15.9. The molecule has 0 spiro atoms. The van der Waals surface area contributed by atoms with E-state index in [1.807, 2.05) is 33.8 Å². The van der Waals surface area contributed by atoms with Gasteiger partial charge in [-0.3, -0.25) is 33.9 Å². The van der Waals surface area contributed by atoms with Crippen LogP contribution in [0.5, 0.6) is 0 Å². The van der Waals surface area contributed by atoms with Crippen molar-refractivity contribution < 1.29 is 38.6 Å². The van der Waals surface area contributed by atoms with Crippen LogP contribution in [0, 0.1) is 68.0 Å². The number of ether oxygens (including phenoxy) is 2. The molecule has 1 aromatic rings. The Morgan fingerprint density at radius 1 is 0.894 bits per heavy atom. The Balaban J connectivity index is 0.943. The van der Waals surface area contributed by atoms with E-state index in [0.717, 1.165) is 95.4 Å². The Morgan fingerprint density at radius 2 is 1.61 bits per heavy atom. The molecule has 0 aromatic carbocycles. The molecule has 66 heavy (non-hydrogen) atoms. The minimum Gasteiger partial charge on any atom is -0.481 e. The zero-order chi connectivity index (χ0) is 48.0. The highest BCUT2D eigenvalue weighted by Gasteiger charge is 2.70. The van der Waals surface area contributed by atoms with Crippen LogP contribution in [0.2, 0.25) is 0 Å². The molecular formula is C54H80N4O8. The van der Waals surface area contributed by atoms with Crippen molar-refractivity contribution in [3.05, 3.63) is 40.7 Å². The Kier molecular flexibility index (Phi) is 12.6. The number of pyridine rings is 1. The standard InChI is InChI=1S/C54H80N4O8/c1-32(2)43-38(59)27-54(28-42(60)56-31-48(3,4)57-45(61)37-14-12-33(29-55-37)30-58-22-24-65-25-23-58)21-20-52(10)34(44(43)54)13-15-40-51(9)18-17-41(50(7,8)39(51)16-19-53(40,52)11)66-47(64)36-26-35(46(62)63)49(36,5)6/h12,14,29,32,34-36,39-41H,13,15-28,30-31H2,1-11H3,(H,56,60)(H,57,61)(H,62,63)/t34-,35+,36-,39+,40-,41+,51+,52-,53-,54+/m1/s1. The third kappa shape index (κ3) is 8.07. The highest BCUT2D eigenvalue weighted by atomic mass is 16.5. The normalized spacial score (nSPS) is 37.1. The van der Waals surface area contributed by atoms with Gasteiger partial charge in [0.1, 0.15) is 11.8 Å². The van der Waals surface area contributed by atoms with Gasteiger partial charge in [0.25, 0.3) is 5.91 Å². The summed E-state index contributed by atoms with van der Waals surface area (Å²) < 4.78 is 11.9. The maximum Gasteiger partial charge on any atom is 0.309 e. The Labute approximate surface area is 393 Å². The van der Waals surface area contributed by atoms with Crippen LogP contribution in [0.3, 0.4) is 0 Å². The first kappa shape index (κ1) is 48.8. The molecule has 2 heterocycles. The minimum absolute atomic E-state index is 0.0118. The first-order valence-corrected chi connectivity index (χ1v) is 25.3. The third-order valence-electron chi connectivity index (χ3n) is 19.9. The lowest BCUT2D eigenvalue weighted by atomic mass is 9.33. The summed E-state index contributed by atoms with van der Waals surface area (Å²) in [6.45, 7) is 28.3. The number of nitrogens with one attached hydrogen (secondary N) is 2.